The van der Waals surface area contributed by atoms with Crippen molar-refractivity contribution in [3.8, 4) is 0 Å². The molecule has 1 amide bonds. The molecule has 23 heavy (non-hydrogen) atoms. The number of hydrogen-bond acceptors (Lipinski definition) is 6. The summed E-state index contributed by atoms with van der Waals surface area (Å²) >= 11 is 0. The summed E-state index contributed by atoms with van der Waals surface area (Å²) in [7, 11) is 0. The zero-order valence-corrected chi connectivity index (χ0v) is 13.0. The third-order valence-corrected chi connectivity index (χ3v) is 6.11. The number of aromatic nitrogens is 2. The third-order valence-electron chi connectivity index (χ3n) is 6.11. The van der Waals surface area contributed by atoms with Crippen molar-refractivity contribution in [3.63, 3.8) is 0 Å². The van der Waals surface area contributed by atoms with Gasteiger partial charge in [-0.15, -0.1) is 0 Å². The minimum atomic E-state index is -0.0571. The normalized spacial score (nSPS) is 37.6. The van der Waals surface area contributed by atoms with Crippen molar-refractivity contribution < 1.29 is 9.53 Å². The van der Waals surface area contributed by atoms with Crippen LogP contribution in [0.4, 0.5) is 17.3 Å². The highest BCUT2D eigenvalue weighted by Crippen LogP contribution is 2.59. The smallest absolute Gasteiger partial charge is 0.243 e. The number of hydrogen-bond donors (Lipinski definition) is 3. The molecule has 4 unspecified atom stereocenters. The Morgan fingerprint density at radius 1 is 1.35 bits per heavy atom. The lowest BCUT2D eigenvalue weighted by Gasteiger charge is -2.57. The molecule has 2 aliphatic carbocycles. The molecule has 5 rings (SSSR count). The van der Waals surface area contributed by atoms with Gasteiger partial charge in [0.15, 0.2) is 11.6 Å². The quantitative estimate of drug-likeness (QED) is 0.768. The minimum absolute atomic E-state index is 0.0571. The molecule has 1 aromatic rings. The van der Waals surface area contributed by atoms with Gasteiger partial charge in [-0.2, -0.15) is 0 Å². The van der Waals surface area contributed by atoms with Crippen LogP contribution in [0.2, 0.25) is 0 Å². The molecular formula is C16H21N5O2. The Bertz CT molecular complexity index is 666. The molecular weight excluding hydrogens is 294 g/mol. The van der Waals surface area contributed by atoms with Crippen LogP contribution in [0.15, 0.2) is 6.33 Å². The lowest BCUT2D eigenvalue weighted by atomic mass is 9.53. The van der Waals surface area contributed by atoms with Gasteiger partial charge < -0.3 is 20.7 Å². The van der Waals surface area contributed by atoms with Crippen molar-refractivity contribution in [2.45, 2.75) is 43.7 Å². The minimum Gasteiger partial charge on any atom is -0.374 e. The van der Waals surface area contributed by atoms with Gasteiger partial charge in [-0.1, -0.05) is 0 Å². The van der Waals surface area contributed by atoms with E-state index in [4.69, 9.17) is 4.74 Å². The molecule has 2 saturated carbocycles. The molecule has 4 atom stereocenters. The van der Waals surface area contributed by atoms with E-state index in [1.807, 2.05) is 0 Å². The van der Waals surface area contributed by atoms with E-state index in [1.165, 1.54) is 25.7 Å². The Labute approximate surface area is 134 Å². The summed E-state index contributed by atoms with van der Waals surface area (Å²) in [4.78, 5) is 20.2. The van der Waals surface area contributed by atoms with Crippen LogP contribution in [0.5, 0.6) is 0 Å². The maximum absolute atomic E-state index is 11.7. The van der Waals surface area contributed by atoms with Gasteiger partial charge in [0.2, 0.25) is 5.91 Å². The Balaban J connectivity index is 1.41. The largest absolute Gasteiger partial charge is 0.374 e. The van der Waals surface area contributed by atoms with Gasteiger partial charge in [-0.3, -0.25) is 4.79 Å². The third kappa shape index (κ3) is 1.89. The van der Waals surface area contributed by atoms with E-state index in [1.54, 1.807) is 6.33 Å². The fraction of sp³-hybridized carbons (Fsp3) is 0.688. The highest BCUT2D eigenvalue weighted by atomic mass is 16.5. The predicted octanol–water partition coefficient (Wildman–Crippen LogP) is 1.60. The van der Waals surface area contributed by atoms with E-state index in [0.29, 0.717) is 23.5 Å². The van der Waals surface area contributed by atoms with Crippen LogP contribution in [0, 0.1) is 11.8 Å². The standard InChI is InChI=1S/C16H21N5O2/c22-12-7-17-14-13(21-12)15(19-8-18-14)20-11-2-1-4-16-9(3-5-23-16)6-10(11)16/h8-11H,1-7H2,(H,21,22)(H2,17,18,19,20). The van der Waals surface area contributed by atoms with E-state index in [2.05, 4.69) is 25.9 Å². The summed E-state index contributed by atoms with van der Waals surface area (Å²) in [5.41, 5.74) is 0.788. The maximum atomic E-state index is 11.7. The van der Waals surface area contributed by atoms with Gasteiger partial charge in [0.25, 0.3) is 0 Å². The van der Waals surface area contributed by atoms with Crippen molar-refractivity contribution >= 4 is 23.2 Å². The molecule has 3 heterocycles. The van der Waals surface area contributed by atoms with Crippen LogP contribution in [0.1, 0.15) is 32.1 Å². The molecule has 1 aromatic heterocycles. The number of carbonyl (C=O) groups excluding carboxylic acids is 1. The number of rotatable bonds is 2. The van der Waals surface area contributed by atoms with Gasteiger partial charge >= 0.3 is 0 Å². The zero-order valence-electron chi connectivity index (χ0n) is 13.0. The lowest BCUT2D eigenvalue weighted by Crippen LogP contribution is -2.61. The molecule has 0 aromatic carbocycles. The Morgan fingerprint density at radius 3 is 3.22 bits per heavy atom. The van der Waals surface area contributed by atoms with Gasteiger partial charge in [0.1, 0.15) is 12.0 Å². The number of nitrogens with one attached hydrogen (secondary N) is 3. The van der Waals surface area contributed by atoms with E-state index in [9.17, 15) is 4.79 Å². The Morgan fingerprint density at radius 2 is 2.30 bits per heavy atom. The van der Waals surface area contributed by atoms with E-state index >= 15 is 0 Å². The first-order chi connectivity index (χ1) is 11.3. The summed E-state index contributed by atoms with van der Waals surface area (Å²) < 4.78 is 6.19. The molecule has 0 radical (unpaired) electrons. The van der Waals surface area contributed by atoms with Crippen molar-refractivity contribution in [2.24, 2.45) is 11.8 Å². The summed E-state index contributed by atoms with van der Waals surface area (Å²) in [6.45, 7) is 1.17. The van der Waals surface area contributed by atoms with Crippen molar-refractivity contribution in [2.75, 3.05) is 29.1 Å². The highest BCUT2D eigenvalue weighted by molar-refractivity contribution is 6.02. The van der Waals surface area contributed by atoms with Crippen LogP contribution in [-0.4, -0.2) is 40.7 Å². The topological polar surface area (TPSA) is 88.2 Å². The number of nitrogens with zero attached hydrogens (tertiary/aromatic N) is 2. The van der Waals surface area contributed by atoms with Crippen LogP contribution < -0.4 is 16.0 Å². The number of fused-ring (bicyclic) bond motifs is 1. The first kappa shape index (κ1) is 13.5. The summed E-state index contributed by atoms with van der Waals surface area (Å²) in [5.74, 6) is 2.66. The molecule has 3 N–H and O–H groups in total. The molecule has 2 aliphatic heterocycles. The van der Waals surface area contributed by atoms with Crippen LogP contribution >= 0.6 is 0 Å². The Kier molecular flexibility index (Phi) is 2.83. The van der Waals surface area contributed by atoms with Crippen molar-refractivity contribution in [3.05, 3.63) is 6.33 Å². The van der Waals surface area contributed by atoms with Gasteiger partial charge in [-0.05, 0) is 38.0 Å². The second kappa shape index (κ2) is 4.80. The van der Waals surface area contributed by atoms with Crippen molar-refractivity contribution in [1.29, 1.82) is 0 Å². The zero-order chi connectivity index (χ0) is 15.4. The van der Waals surface area contributed by atoms with Crippen LogP contribution in [-0.2, 0) is 9.53 Å². The number of amides is 1. The lowest BCUT2D eigenvalue weighted by molar-refractivity contribution is -0.160. The maximum Gasteiger partial charge on any atom is 0.243 e. The Hall–Kier alpha value is -1.89. The van der Waals surface area contributed by atoms with Crippen molar-refractivity contribution in [1.82, 2.24) is 9.97 Å². The SMILES string of the molecule is O=C1CNc2ncnc(NC3CCCC45OCCC4CC35)c2N1. The number of anilines is 3. The second-order valence-electron chi connectivity index (χ2n) is 7.12. The first-order valence-corrected chi connectivity index (χ1v) is 8.55. The summed E-state index contributed by atoms with van der Waals surface area (Å²) in [6.07, 6.45) is 7.51. The molecule has 0 bridgehead atoms. The first-order valence-electron chi connectivity index (χ1n) is 8.55. The van der Waals surface area contributed by atoms with Crippen LogP contribution in [0.25, 0.3) is 0 Å². The average molecular weight is 315 g/mol. The molecule has 4 aliphatic rings. The van der Waals surface area contributed by atoms with Crippen LogP contribution in [0.3, 0.4) is 0 Å². The predicted molar refractivity (Wildman–Crippen MR) is 85.3 cm³/mol. The molecule has 1 saturated heterocycles. The number of ether oxygens (including phenoxy) is 1. The summed E-state index contributed by atoms with van der Waals surface area (Å²) in [6, 6.07) is 0.357. The monoisotopic (exact) mass is 315 g/mol. The molecule has 122 valence electrons. The number of carbonyl (C=O) groups is 1. The fourth-order valence-corrected chi connectivity index (χ4v) is 5.04. The van der Waals surface area contributed by atoms with Gasteiger partial charge in [-0.25, -0.2) is 9.97 Å². The average Bonchev–Trinajstić information content (AvgIpc) is 2.82. The molecule has 3 fully saturated rings. The van der Waals surface area contributed by atoms with E-state index in [0.717, 1.165) is 24.8 Å². The molecule has 1 spiro atoms. The van der Waals surface area contributed by atoms with Gasteiger partial charge in [0, 0.05) is 18.6 Å². The highest BCUT2D eigenvalue weighted by Gasteiger charge is 2.62. The van der Waals surface area contributed by atoms with Gasteiger partial charge in [0.05, 0.1) is 12.1 Å². The fourth-order valence-electron chi connectivity index (χ4n) is 5.04. The second-order valence-corrected chi connectivity index (χ2v) is 7.12. The van der Waals surface area contributed by atoms with E-state index in [-0.39, 0.29) is 18.1 Å². The summed E-state index contributed by atoms with van der Waals surface area (Å²) in [5, 5.41) is 9.50. The van der Waals surface area contributed by atoms with E-state index < -0.39 is 0 Å². The molecule has 7 nitrogen and oxygen atoms in total. The molecule has 7 heteroatoms.